The average molecular weight is 308 g/mol. The molecule has 0 aromatic carbocycles. The molecule has 0 saturated heterocycles. The lowest BCUT2D eigenvalue weighted by atomic mass is 10.1. The number of nitrogens with zero attached hydrogens (tertiary/aromatic N) is 1. The van der Waals surface area contributed by atoms with Gasteiger partial charge in [0.15, 0.2) is 0 Å². The predicted molar refractivity (Wildman–Crippen MR) is 85.7 cm³/mol. The van der Waals surface area contributed by atoms with E-state index in [4.69, 9.17) is 5.73 Å². The average Bonchev–Trinajstić information content (AvgIpc) is 2.26. The summed E-state index contributed by atoms with van der Waals surface area (Å²) in [5.41, 5.74) is 4.99. The summed E-state index contributed by atoms with van der Waals surface area (Å²) in [6.07, 6.45) is 1.73. The monoisotopic (exact) mass is 307 g/mol. The van der Waals surface area contributed by atoms with Crippen LogP contribution in [0.5, 0.6) is 0 Å². The summed E-state index contributed by atoms with van der Waals surface area (Å²) in [5.74, 6) is 0.962. The summed E-state index contributed by atoms with van der Waals surface area (Å²) in [4.78, 5) is 0. The topological polar surface area (TPSA) is 75.4 Å². The van der Waals surface area contributed by atoms with Gasteiger partial charge in [0.25, 0.3) is 10.2 Å². The van der Waals surface area contributed by atoms with Crippen LogP contribution in [0.2, 0.25) is 0 Å². The highest BCUT2D eigenvalue weighted by molar-refractivity contribution is 7.87. The number of hydrogen-bond acceptors (Lipinski definition) is 3. The van der Waals surface area contributed by atoms with Crippen molar-refractivity contribution in [2.45, 2.75) is 59.9 Å². The SMILES string of the molecule is CC(C)CCN(CCC(C)C)S(=O)(=O)NC(C)(C)CN. The first-order chi connectivity index (χ1) is 9.00. The molecule has 0 atom stereocenters. The Balaban J connectivity index is 4.88. The van der Waals surface area contributed by atoms with Gasteiger partial charge in [-0.1, -0.05) is 27.7 Å². The molecule has 0 aliphatic carbocycles. The number of hydrogen-bond donors (Lipinski definition) is 2. The Bertz CT molecular complexity index is 353. The highest BCUT2D eigenvalue weighted by atomic mass is 32.2. The van der Waals surface area contributed by atoms with Crippen LogP contribution < -0.4 is 10.5 Å². The molecule has 3 N–H and O–H groups in total. The van der Waals surface area contributed by atoms with Crippen LogP contribution in [0.1, 0.15) is 54.4 Å². The van der Waals surface area contributed by atoms with Crippen molar-refractivity contribution in [2.75, 3.05) is 19.6 Å². The van der Waals surface area contributed by atoms with Crippen LogP contribution in [0.4, 0.5) is 0 Å². The minimum atomic E-state index is -3.48. The van der Waals surface area contributed by atoms with Crippen LogP contribution in [0.25, 0.3) is 0 Å². The molecule has 0 unspecified atom stereocenters. The molecule has 0 rings (SSSR count). The van der Waals surface area contributed by atoms with Crippen LogP contribution in [0.15, 0.2) is 0 Å². The van der Waals surface area contributed by atoms with E-state index in [2.05, 4.69) is 32.4 Å². The van der Waals surface area contributed by atoms with E-state index in [1.807, 2.05) is 0 Å². The van der Waals surface area contributed by atoms with Crippen molar-refractivity contribution in [3.63, 3.8) is 0 Å². The van der Waals surface area contributed by atoms with E-state index < -0.39 is 15.7 Å². The zero-order valence-corrected chi connectivity index (χ0v) is 14.8. The van der Waals surface area contributed by atoms with Crippen molar-refractivity contribution >= 4 is 10.2 Å². The number of nitrogens with one attached hydrogen (secondary N) is 1. The van der Waals surface area contributed by atoms with Crippen LogP contribution in [0, 0.1) is 11.8 Å². The zero-order valence-electron chi connectivity index (χ0n) is 13.9. The molecule has 5 nitrogen and oxygen atoms in total. The molecule has 0 aliphatic heterocycles. The Hall–Kier alpha value is -0.170. The van der Waals surface area contributed by atoms with Crippen molar-refractivity contribution in [2.24, 2.45) is 17.6 Å². The molecule has 0 amide bonds. The number of nitrogens with two attached hydrogens (primary N) is 1. The van der Waals surface area contributed by atoms with Gasteiger partial charge in [0.05, 0.1) is 0 Å². The maximum absolute atomic E-state index is 12.5. The minimum Gasteiger partial charge on any atom is -0.329 e. The van der Waals surface area contributed by atoms with Gasteiger partial charge in [-0.15, -0.1) is 0 Å². The van der Waals surface area contributed by atoms with Gasteiger partial charge in [0.2, 0.25) is 0 Å². The Labute approximate surface area is 125 Å². The van der Waals surface area contributed by atoms with E-state index >= 15 is 0 Å². The molecule has 0 spiro atoms. The first-order valence-electron chi connectivity index (χ1n) is 7.49. The van der Waals surface area contributed by atoms with Gasteiger partial charge in [0.1, 0.15) is 0 Å². The van der Waals surface area contributed by atoms with Crippen molar-refractivity contribution in [1.82, 2.24) is 9.03 Å². The van der Waals surface area contributed by atoms with E-state index in [0.29, 0.717) is 24.9 Å². The Morgan fingerprint density at radius 1 is 1.05 bits per heavy atom. The molecular weight excluding hydrogens is 274 g/mol. The molecule has 20 heavy (non-hydrogen) atoms. The Morgan fingerprint density at radius 3 is 1.75 bits per heavy atom. The van der Waals surface area contributed by atoms with E-state index in [1.54, 1.807) is 18.2 Å². The van der Waals surface area contributed by atoms with E-state index in [-0.39, 0.29) is 6.54 Å². The van der Waals surface area contributed by atoms with Crippen molar-refractivity contribution in [3.05, 3.63) is 0 Å². The second-order valence-electron chi connectivity index (χ2n) is 6.96. The summed E-state index contributed by atoms with van der Waals surface area (Å²) >= 11 is 0. The summed E-state index contributed by atoms with van der Waals surface area (Å²) < 4.78 is 29.2. The van der Waals surface area contributed by atoms with Crippen LogP contribution in [-0.4, -0.2) is 37.9 Å². The molecule has 122 valence electrons. The quantitative estimate of drug-likeness (QED) is 0.648. The molecule has 0 bridgehead atoms. The van der Waals surface area contributed by atoms with Crippen LogP contribution >= 0.6 is 0 Å². The second-order valence-corrected chi connectivity index (χ2v) is 8.63. The highest BCUT2D eigenvalue weighted by Crippen LogP contribution is 2.12. The fourth-order valence-corrected chi connectivity index (χ4v) is 3.21. The fraction of sp³-hybridized carbons (Fsp3) is 1.00. The summed E-state index contributed by atoms with van der Waals surface area (Å²) in [5, 5.41) is 0. The molecule has 0 heterocycles. The third-order valence-corrected chi connectivity index (χ3v) is 5.02. The molecule has 0 saturated carbocycles. The van der Waals surface area contributed by atoms with E-state index in [9.17, 15) is 8.42 Å². The molecule has 0 aromatic rings. The van der Waals surface area contributed by atoms with Crippen molar-refractivity contribution in [3.8, 4) is 0 Å². The second kappa shape index (κ2) is 8.32. The first kappa shape index (κ1) is 19.8. The Morgan fingerprint density at radius 2 is 1.45 bits per heavy atom. The third-order valence-electron chi connectivity index (χ3n) is 3.17. The lowest BCUT2D eigenvalue weighted by Crippen LogP contribution is -2.54. The van der Waals surface area contributed by atoms with Crippen LogP contribution in [-0.2, 0) is 10.2 Å². The normalized spacial score (nSPS) is 13.7. The first-order valence-corrected chi connectivity index (χ1v) is 8.93. The Kier molecular flexibility index (Phi) is 8.25. The summed E-state index contributed by atoms with van der Waals surface area (Å²) in [6, 6.07) is 0. The summed E-state index contributed by atoms with van der Waals surface area (Å²) in [6.45, 7) is 13.4. The van der Waals surface area contributed by atoms with E-state index in [1.165, 1.54) is 0 Å². The smallest absolute Gasteiger partial charge is 0.279 e. The summed E-state index contributed by atoms with van der Waals surface area (Å²) in [7, 11) is -3.48. The van der Waals surface area contributed by atoms with Gasteiger partial charge in [-0.05, 0) is 38.5 Å². The minimum absolute atomic E-state index is 0.272. The molecule has 6 heteroatoms. The number of rotatable bonds is 10. The maximum Gasteiger partial charge on any atom is 0.279 e. The van der Waals surface area contributed by atoms with Gasteiger partial charge in [-0.25, -0.2) is 0 Å². The largest absolute Gasteiger partial charge is 0.329 e. The van der Waals surface area contributed by atoms with Gasteiger partial charge < -0.3 is 5.73 Å². The standard InChI is InChI=1S/C14H33N3O2S/c1-12(2)7-9-17(10-8-13(3)4)20(18,19)16-14(5,6)11-15/h12-13,16H,7-11,15H2,1-6H3. The molecule has 0 fully saturated rings. The lowest BCUT2D eigenvalue weighted by molar-refractivity contribution is 0.340. The van der Waals surface area contributed by atoms with Gasteiger partial charge in [-0.3, -0.25) is 0 Å². The van der Waals surface area contributed by atoms with Crippen molar-refractivity contribution in [1.29, 1.82) is 0 Å². The van der Waals surface area contributed by atoms with Crippen LogP contribution in [0.3, 0.4) is 0 Å². The molecule has 0 aliphatic rings. The van der Waals surface area contributed by atoms with Gasteiger partial charge in [0, 0.05) is 25.2 Å². The lowest BCUT2D eigenvalue weighted by Gasteiger charge is -2.30. The molecule has 0 aromatic heterocycles. The zero-order chi connectivity index (χ0) is 16.0. The van der Waals surface area contributed by atoms with Gasteiger partial charge in [-0.2, -0.15) is 17.4 Å². The van der Waals surface area contributed by atoms with E-state index in [0.717, 1.165) is 12.8 Å². The molecular formula is C14H33N3O2S. The third kappa shape index (κ3) is 8.19. The predicted octanol–water partition coefficient (Wildman–Crippen LogP) is 1.95. The van der Waals surface area contributed by atoms with Crippen molar-refractivity contribution < 1.29 is 8.42 Å². The van der Waals surface area contributed by atoms with Gasteiger partial charge >= 0.3 is 0 Å². The fourth-order valence-electron chi connectivity index (χ4n) is 1.61. The maximum atomic E-state index is 12.5. The highest BCUT2D eigenvalue weighted by Gasteiger charge is 2.28. The molecule has 0 radical (unpaired) electrons.